The van der Waals surface area contributed by atoms with E-state index in [1.165, 1.54) is 11.1 Å². The van der Waals surface area contributed by atoms with Crippen LogP contribution in [0, 0.1) is 5.92 Å². The first kappa shape index (κ1) is 23.1. The van der Waals surface area contributed by atoms with Crippen LogP contribution in [0.2, 0.25) is 0 Å². The van der Waals surface area contributed by atoms with Crippen molar-refractivity contribution in [2.75, 3.05) is 26.1 Å². The fraction of sp³-hybridized carbons (Fsp3) is 0.381. The maximum absolute atomic E-state index is 6.00. The van der Waals surface area contributed by atoms with Crippen molar-refractivity contribution in [1.82, 2.24) is 0 Å². The highest BCUT2D eigenvalue weighted by molar-refractivity contribution is 14.0. The number of hydrogen-bond acceptors (Lipinski definition) is 3. The zero-order chi connectivity index (χ0) is 18.9. The van der Waals surface area contributed by atoms with Gasteiger partial charge in [-0.15, -0.1) is 24.0 Å². The minimum atomic E-state index is 0. The van der Waals surface area contributed by atoms with Crippen LogP contribution in [0.1, 0.15) is 25.0 Å². The lowest BCUT2D eigenvalue weighted by molar-refractivity contribution is 0.354. The van der Waals surface area contributed by atoms with Gasteiger partial charge in [0, 0.05) is 12.2 Å². The molecule has 2 aromatic carbocycles. The Bertz CT molecular complexity index is 733. The minimum Gasteiger partial charge on any atom is -0.493 e. The number of halogens is 1. The summed E-state index contributed by atoms with van der Waals surface area (Å²) < 4.78 is 10.6. The maximum atomic E-state index is 6.00. The Balaban J connectivity index is 0.00000364. The monoisotopic (exact) mass is 483 g/mol. The zero-order valence-corrected chi connectivity index (χ0v) is 18.8. The molecule has 0 saturated carbocycles. The van der Waals surface area contributed by atoms with E-state index in [1.807, 2.05) is 24.3 Å². The molecule has 148 valence electrons. The second-order valence-corrected chi connectivity index (χ2v) is 6.40. The van der Waals surface area contributed by atoms with Crippen LogP contribution in [-0.2, 0) is 12.8 Å². The number of hydrogen-bond donors (Lipinski definition) is 2. The van der Waals surface area contributed by atoms with Gasteiger partial charge in [-0.2, -0.15) is 0 Å². The predicted molar refractivity (Wildman–Crippen MR) is 124 cm³/mol. The topological polar surface area (TPSA) is 68.9 Å². The molecule has 0 aromatic heterocycles. The molecule has 6 heteroatoms. The van der Waals surface area contributed by atoms with Gasteiger partial charge in [-0.25, -0.2) is 0 Å². The zero-order valence-electron chi connectivity index (χ0n) is 16.5. The molecule has 2 aromatic rings. The number of aliphatic imine (C=N–C) groups is 1. The van der Waals surface area contributed by atoms with Crippen LogP contribution < -0.4 is 20.5 Å². The standard InChI is InChI=1S/C21H29N3O2.HI/c1-5-16-6-9-18(10-7-16)24-21(22)23-14-15(2)12-17-8-11-19(25-3)20(13-17)26-4;/h6-11,13,15H,5,12,14H2,1-4H3,(H3,22,23,24);1H. The highest BCUT2D eigenvalue weighted by atomic mass is 127. The molecule has 0 bridgehead atoms. The second-order valence-electron chi connectivity index (χ2n) is 6.40. The molecule has 0 aliphatic heterocycles. The third kappa shape index (κ3) is 7.28. The maximum Gasteiger partial charge on any atom is 0.193 e. The van der Waals surface area contributed by atoms with Crippen molar-refractivity contribution in [2.45, 2.75) is 26.7 Å². The molecule has 0 amide bonds. The molecule has 1 unspecified atom stereocenters. The summed E-state index contributed by atoms with van der Waals surface area (Å²) in [7, 11) is 3.29. The summed E-state index contributed by atoms with van der Waals surface area (Å²) >= 11 is 0. The van der Waals surface area contributed by atoms with Crippen LogP contribution in [0.15, 0.2) is 47.5 Å². The quantitative estimate of drug-likeness (QED) is 0.330. The van der Waals surface area contributed by atoms with Gasteiger partial charge in [0.25, 0.3) is 0 Å². The van der Waals surface area contributed by atoms with E-state index in [4.69, 9.17) is 15.2 Å². The van der Waals surface area contributed by atoms with Gasteiger partial charge in [0.15, 0.2) is 17.5 Å². The number of rotatable bonds is 8. The third-order valence-electron chi connectivity index (χ3n) is 4.24. The lowest BCUT2D eigenvalue weighted by Gasteiger charge is -2.13. The highest BCUT2D eigenvalue weighted by Crippen LogP contribution is 2.28. The Kier molecular flexibility index (Phi) is 9.99. The Hall–Kier alpha value is -1.96. The van der Waals surface area contributed by atoms with Gasteiger partial charge in [0.1, 0.15) is 0 Å². The highest BCUT2D eigenvalue weighted by Gasteiger charge is 2.08. The third-order valence-corrected chi connectivity index (χ3v) is 4.24. The van der Waals surface area contributed by atoms with Crippen LogP contribution in [-0.4, -0.2) is 26.7 Å². The van der Waals surface area contributed by atoms with E-state index < -0.39 is 0 Å². The summed E-state index contributed by atoms with van der Waals surface area (Å²) in [4.78, 5) is 4.46. The summed E-state index contributed by atoms with van der Waals surface area (Å²) in [5.74, 6) is 2.28. The summed E-state index contributed by atoms with van der Waals surface area (Å²) in [6.07, 6.45) is 1.92. The Morgan fingerprint density at radius 3 is 2.26 bits per heavy atom. The largest absolute Gasteiger partial charge is 0.493 e. The number of methoxy groups -OCH3 is 2. The number of nitrogens with zero attached hydrogens (tertiary/aromatic N) is 1. The average Bonchev–Trinajstić information content (AvgIpc) is 2.67. The molecule has 0 radical (unpaired) electrons. The fourth-order valence-electron chi connectivity index (χ4n) is 2.74. The first-order valence-electron chi connectivity index (χ1n) is 8.92. The van der Waals surface area contributed by atoms with Gasteiger partial charge in [0.05, 0.1) is 14.2 Å². The summed E-state index contributed by atoms with van der Waals surface area (Å²) in [5, 5.41) is 3.14. The predicted octanol–water partition coefficient (Wildman–Crippen LogP) is 4.49. The number of nitrogens with two attached hydrogens (primary N) is 1. The lowest BCUT2D eigenvalue weighted by Crippen LogP contribution is -2.23. The lowest BCUT2D eigenvalue weighted by atomic mass is 10.0. The molecule has 1 atom stereocenters. The molecule has 0 aliphatic carbocycles. The van der Waals surface area contributed by atoms with Gasteiger partial charge in [0.2, 0.25) is 0 Å². The van der Waals surface area contributed by atoms with Crippen LogP contribution in [0.3, 0.4) is 0 Å². The van der Waals surface area contributed by atoms with E-state index in [1.54, 1.807) is 14.2 Å². The molecule has 5 nitrogen and oxygen atoms in total. The molecule has 0 aliphatic rings. The van der Waals surface area contributed by atoms with Crippen molar-refractivity contribution in [3.05, 3.63) is 53.6 Å². The van der Waals surface area contributed by atoms with Crippen LogP contribution in [0.25, 0.3) is 0 Å². The van der Waals surface area contributed by atoms with Crippen molar-refractivity contribution in [1.29, 1.82) is 0 Å². The average molecular weight is 483 g/mol. The Labute approximate surface area is 179 Å². The second kappa shape index (κ2) is 11.7. The van der Waals surface area contributed by atoms with Gasteiger partial charge in [-0.05, 0) is 54.2 Å². The number of ether oxygens (including phenoxy) is 2. The van der Waals surface area contributed by atoms with Gasteiger partial charge >= 0.3 is 0 Å². The minimum absolute atomic E-state index is 0. The van der Waals surface area contributed by atoms with Crippen molar-refractivity contribution in [3.63, 3.8) is 0 Å². The molecule has 0 heterocycles. The van der Waals surface area contributed by atoms with Crippen LogP contribution in [0.4, 0.5) is 5.69 Å². The molecule has 0 saturated heterocycles. The first-order valence-corrected chi connectivity index (χ1v) is 8.92. The fourth-order valence-corrected chi connectivity index (χ4v) is 2.74. The molecular formula is C21H30IN3O2. The number of anilines is 1. The Morgan fingerprint density at radius 2 is 1.67 bits per heavy atom. The summed E-state index contributed by atoms with van der Waals surface area (Å²) in [6, 6.07) is 14.2. The molecule has 3 N–H and O–H groups in total. The smallest absolute Gasteiger partial charge is 0.193 e. The molecule has 0 fully saturated rings. The van der Waals surface area contributed by atoms with Gasteiger partial charge in [-0.1, -0.05) is 32.0 Å². The van der Waals surface area contributed by atoms with Crippen LogP contribution >= 0.6 is 24.0 Å². The van der Waals surface area contributed by atoms with Gasteiger partial charge < -0.3 is 20.5 Å². The van der Waals surface area contributed by atoms with Gasteiger partial charge in [-0.3, -0.25) is 4.99 Å². The van der Waals surface area contributed by atoms with E-state index in [0.717, 1.165) is 30.0 Å². The van der Waals surface area contributed by atoms with E-state index in [0.29, 0.717) is 18.4 Å². The number of guanidine groups is 1. The number of aryl methyl sites for hydroxylation is 1. The van der Waals surface area contributed by atoms with Crippen LogP contribution in [0.5, 0.6) is 11.5 Å². The van der Waals surface area contributed by atoms with Crippen molar-refractivity contribution < 1.29 is 9.47 Å². The molecule has 0 spiro atoms. The van der Waals surface area contributed by atoms with Crippen molar-refractivity contribution in [2.24, 2.45) is 16.6 Å². The normalized spacial score (nSPS) is 12.1. The van der Waals surface area contributed by atoms with Crippen molar-refractivity contribution >= 4 is 35.6 Å². The van der Waals surface area contributed by atoms with Crippen molar-refractivity contribution in [3.8, 4) is 11.5 Å². The number of benzene rings is 2. The molecule has 2 rings (SSSR count). The van der Waals surface area contributed by atoms with E-state index in [9.17, 15) is 0 Å². The van der Waals surface area contributed by atoms with E-state index in [-0.39, 0.29) is 24.0 Å². The molecular weight excluding hydrogens is 453 g/mol. The van der Waals surface area contributed by atoms with E-state index >= 15 is 0 Å². The SMILES string of the molecule is CCc1ccc(NC(N)=NCC(C)Cc2ccc(OC)c(OC)c2)cc1.I. The van der Waals surface area contributed by atoms with E-state index in [2.05, 4.69) is 42.4 Å². The summed E-state index contributed by atoms with van der Waals surface area (Å²) in [6.45, 7) is 4.95. The number of nitrogens with one attached hydrogen (secondary N) is 1. The Morgan fingerprint density at radius 1 is 1.04 bits per heavy atom. The molecule has 27 heavy (non-hydrogen) atoms. The first-order chi connectivity index (χ1) is 12.5. The summed E-state index contributed by atoms with van der Waals surface area (Å²) in [5.41, 5.74) is 9.45.